The third kappa shape index (κ3) is 2.21. The summed E-state index contributed by atoms with van der Waals surface area (Å²) in [6, 6.07) is 2.18. The van der Waals surface area contributed by atoms with E-state index in [9.17, 15) is 0 Å². The van der Waals surface area contributed by atoms with Gasteiger partial charge in [0.25, 0.3) is 0 Å². The van der Waals surface area contributed by atoms with Gasteiger partial charge in [-0.05, 0) is 44.8 Å². The van der Waals surface area contributed by atoms with E-state index in [0.29, 0.717) is 11.7 Å². The van der Waals surface area contributed by atoms with E-state index in [1.165, 1.54) is 43.6 Å². The predicted molar refractivity (Wildman–Crippen MR) is 78.3 cm³/mol. The topological polar surface area (TPSA) is 55.0 Å². The molecule has 0 atom stereocenters. The van der Waals surface area contributed by atoms with E-state index >= 15 is 0 Å². The number of likely N-dealkylation sites (tertiary alicyclic amines) is 1. The van der Waals surface area contributed by atoms with Crippen LogP contribution >= 0.6 is 11.3 Å². The minimum atomic E-state index is 0.566. The summed E-state index contributed by atoms with van der Waals surface area (Å²) in [5, 5.41) is 1.04. The van der Waals surface area contributed by atoms with Crippen molar-refractivity contribution in [2.75, 3.05) is 18.8 Å². The van der Waals surface area contributed by atoms with E-state index < -0.39 is 0 Å². The largest absolute Gasteiger partial charge is 0.383 e. The monoisotopic (exact) mass is 274 g/mol. The number of nitrogens with zero attached hydrogens (tertiary/aromatic N) is 3. The smallest absolute Gasteiger partial charge is 0.135 e. The van der Waals surface area contributed by atoms with Crippen LogP contribution in [0.3, 0.4) is 0 Å². The molecule has 2 aliphatic rings. The maximum Gasteiger partial charge on any atom is 0.135 e. The van der Waals surface area contributed by atoms with E-state index in [1.807, 2.05) is 0 Å². The predicted octanol–water partition coefficient (Wildman–Crippen LogP) is 2.75. The molecule has 0 unspecified atom stereocenters. The lowest BCUT2D eigenvalue weighted by atomic mass is 10.3. The average Bonchev–Trinajstić information content (AvgIpc) is 2.97. The molecule has 19 heavy (non-hydrogen) atoms. The number of aromatic nitrogens is 2. The third-order valence-corrected chi connectivity index (χ3v) is 5.02. The minimum Gasteiger partial charge on any atom is -0.383 e. The molecule has 100 valence electrons. The van der Waals surface area contributed by atoms with Crippen molar-refractivity contribution >= 4 is 27.4 Å². The quantitative estimate of drug-likeness (QED) is 0.935. The first-order chi connectivity index (χ1) is 9.29. The van der Waals surface area contributed by atoms with Crippen LogP contribution in [0.4, 0.5) is 5.82 Å². The van der Waals surface area contributed by atoms with Crippen molar-refractivity contribution in [3.05, 3.63) is 16.8 Å². The zero-order valence-corrected chi connectivity index (χ0v) is 11.7. The molecule has 5 heteroatoms. The van der Waals surface area contributed by atoms with E-state index in [2.05, 4.69) is 16.0 Å². The Labute approximate surface area is 116 Å². The average molecular weight is 274 g/mol. The van der Waals surface area contributed by atoms with Gasteiger partial charge in [0.2, 0.25) is 0 Å². The fourth-order valence-electron chi connectivity index (χ4n) is 2.77. The molecule has 4 nitrogen and oxygen atoms in total. The molecule has 2 aromatic rings. The lowest BCUT2D eigenvalue weighted by Gasteiger charge is -2.11. The summed E-state index contributed by atoms with van der Waals surface area (Å²) in [6.45, 7) is 3.49. The van der Waals surface area contributed by atoms with Crippen LogP contribution in [0.1, 0.15) is 42.3 Å². The summed E-state index contributed by atoms with van der Waals surface area (Å²) >= 11 is 1.78. The molecule has 0 amide bonds. The molecule has 1 aliphatic carbocycles. The molecule has 2 N–H and O–H groups in total. The Kier molecular flexibility index (Phi) is 2.70. The summed E-state index contributed by atoms with van der Waals surface area (Å²) in [5.74, 6) is 2.19. The molecule has 0 bridgehead atoms. The van der Waals surface area contributed by atoms with Crippen LogP contribution in [0.5, 0.6) is 0 Å². The molecule has 1 saturated carbocycles. The molecular weight excluding hydrogens is 256 g/mol. The number of hydrogen-bond acceptors (Lipinski definition) is 5. The first kappa shape index (κ1) is 11.6. The highest BCUT2D eigenvalue weighted by molar-refractivity contribution is 7.18. The third-order valence-electron chi connectivity index (χ3n) is 4.01. The van der Waals surface area contributed by atoms with E-state index in [4.69, 9.17) is 10.7 Å². The molecule has 0 aromatic carbocycles. The van der Waals surface area contributed by atoms with Gasteiger partial charge in [-0.2, -0.15) is 0 Å². The molecule has 2 fully saturated rings. The normalized spacial score (nSPS) is 20.4. The van der Waals surface area contributed by atoms with Gasteiger partial charge < -0.3 is 5.73 Å². The Morgan fingerprint density at radius 2 is 2.05 bits per heavy atom. The summed E-state index contributed by atoms with van der Waals surface area (Å²) in [7, 11) is 0. The van der Waals surface area contributed by atoms with Crippen LogP contribution in [-0.2, 0) is 6.54 Å². The Morgan fingerprint density at radius 1 is 1.26 bits per heavy atom. The van der Waals surface area contributed by atoms with Gasteiger partial charge in [0.1, 0.15) is 16.5 Å². The summed E-state index contributed by atoms with van der Waals surface area (Å²) in [5.41, 5.74) is 6.09. The van der Waals surface area contributed by atoms with Crippen LogP contribution in [0, 0.1) is 0 Å². The number of anilines is 1. The van der Waals surface area contributed by atoms with Crippen molar-refractivity contribution in [1.29, 1.82) is 0 Å². The Bertz CT molecular complexity index is 611. The highest BCUT2D eigenvalue weighted by atomic mass is 32.1. The number of rotatable bonds is 3. The van der Waals surface area contributed by atoms with Crippen molar-refractivity contribution < 1.29 is 0 Å². The standard InChI is InChI=1S/C14H18N4S/c15-12-11-7-10(8-18-5-1-2-6-18)19-14(11)17-13(16-12)9-3-4-9/h7,9H,1-6,8H2,(H2,15,16,17). The fraction of sp³-hybridized carbons (Fsp3) is 0.571. The first-order valence-electron chi connectivity index (χ1n) is 7.08. The molecule has 3 heterocycles. The van der Waals surface area contributed by atoms with Crippen LogP contribution < -0.4 is 5.73 Å². The first-order valence-corrected chi connectivity index (χ1v) is 7.89. The van der Waals surface area contributed by atoms with Gasteiger partial charge in [-0.25, -0.2) is 9.97 Å². The van der Waals surface area contributed by atoms with Crippen LogP contribution in [0.15, 0.2) is 6.07 Å². The molecule has 2 aromatic heterocycles. The Morgan fingerprint density at radius 3 is 2.79 bits per heavy atom. The van der Waals surface area contributed by atoms with Crippen molar-refractivity contribution in [3.63, 3.8) is 0 Å². The van der Waals surface area contributed by atoms with Gasteiger partial charge in [0.05, 0.1) is 5.39 Å². The van der Waals surface area contributed by atoms with Gasteiger partial charge in [-0.1, -0.05) is 0 Å². The highest BCUT2D eigenvalue weighted by Crippen LogP contribution is 2.40. The lowest BCUT2D eigenvalue weighted by molar-refractivity contribution is 0.334. The van der Waals surface area contributed by atoms with E-state index in [0.717, 1.165) is 22.6 Å². The Balaban J connectivity index is 1.67. The van der Waals surface area contributed by atoms with Gasteiger partial charge in [0, 0.05) is 17.3 Å². The van der Waals surface area contributed by atoms with E-state index in [-0.39, 0.29) is 0 Å². The molecular formula is C14H18N4S. The molecule has 4 rings (SSSR count). The molecule has 0 radical (unpaired) electrons. The maximum atomic E-state index is 6.09. The van der Waals surface area contributed by atoms with Crippen molar-refractivity contribution in [2.24, 2.45) is 0 Å². The SMILES string of the molecule is Nc1nc(C2CC2)nc2sc(CN3CCCC3)cc12. The van der Waals surface area contributed by atoms with Crippen molar-refractivity contribution in [1.82, 2.24) is 14.9 Å². The number of hydrogen-bond donors (Lipinski definition) is 1. The molecule has 1 aliphatic heterocycles. The minimum absolute atomic E-state index is 0.566. The summed E-state index contributed by atoms with van der Waals surface area (Å²) in [6.07, 6.45) is 5.10. The number of nitrogens with two attached hydrogens (primary N) is 1. The lowest BCUT2D eigenvalue weighted by Crippen LogP contribution is -2.17. The van der Waals surface area contributed by atoms with Crippen LogP contribution in [0.25, 0.3) is 10.2 Å². The fourth-order valence-corrected chi connectivity index (χ4v) is 3.86. The summed E-state index contributed by atoms with van der Waals surface area (Å²) in [4.78, 5) is 14.1. The second-order valence-electron chi connectivity index (χ2n) is 5.66. The number of fused-ring (bicyclic) bond motifs is 1. The second kappa shape index (κ2) is 4.42. The zero-order valence-electron chi connectivity index (χ0n) is 10.9. The van der Waals surface area contributed by atoms with Gasteiger partial charge in [0.15, 0.2) is 0 Å². The Hall–Kier alpha value is -1.20. The highest BCUT2D eigenvalue weighted by Gasteiger charge is 2.27. The second-order valence-corrected chi connectivity index (χ2v) is 6.77. The van der Waals surface area contributed by atoms with Crippen LogP contribution in [0.2, 0.25) is 0 Å². The van der Waals surface area contributed by atoms with Crippen molar-refractivity contribution in [3.8, 4) is 0 Å². The molecule has 0 spiro atoms. The summed E-state index contributed by atoms with van der Waals surface area (Å²) < 4.78 is 0. The molecule has 1 saturated heterocycles. The maximum absolute atomic E-state index is 6.09. The van der Waals surface area contributed by atoms with E-state index in [1.54, 1.807) is 11.3 Å². The van der Waals surface area contributed by atoms with Crippen LogP contribution in [-0.4, -0.2) is 28.0 Å². The number of thiophene rings is 1. The van der Waals surface area contributed by atoms with Gasteiger partial charge in [-0.3, -0.25) is 4.90 Å². The van der Waals surface area contributed by atoms with Gasteiger partial charge in [-0.15, -0.1) is 11.3 Å². The zero-order chi connectivity index (χ0) is 12.8. The van der Waals surface area contributed by atoms with Gasteiger partial charge >= 0.3 is 0 Å². The van der Waals surface area contributed by atoms with Crippen molar-refractivity contribution in [2.45, 2.75) is 38.1 Å². The number of nitrogen functional groups attached to an aromatic ring is 1.